The van der Waals surface area contributed by atoms with Gasteiger partial charge < -0.3 is 56.7 Å². The number of aromatic nitrogens is 6. The van der Waals surface area contributed by atoms with Crippen LogP contribution in [0, 0.1) is 0 Å². The van der Waals surface area contributed by atoms with Gasteiger partial charge in [-0.15, -0.1) is 0 Å². The molecule has 0 saturated heterocycles. The number of rotatable bonds is 13. The summed E-state index contributed by atoms with van der Waals surface area (Å²) in [6.45, 7) is 0.736. The molecule has 0 radical (unpaired) electrons. The Kier molecular flexibility index (Phi) is 10.6. The molecule has 0 aliphatic carbocycles. The van der Waals surface area contributed by atoms with E-state index in [0.29, 0.717) is 42.3 Å². The Morgan fingerprint density at radius 3 is 2.10 bits per heavy atom. The highest BCUT2D eigenvalue weighted by molar-refractivity contribution is 6.08. The van der Waals surface area contributed by atoms with Crippen molar-refractivity contribution >= 4 is 58.5 Å². The largest absolute Gasteiger partial charge is 0.370 e. The maximum Gasteiger partial charge on any atom is 0.291 e. The van der Waals surface area contributed by atoms with Gasteiger partial charge in [-0.2, -0.15) is 0 Å². The fourth-order valence-corrected chi connectivity index (χ4v) is 4.89. The molecular formula is C32H36N14O5. The van der Waals surface area contributed by atoms with E-state index in [1.807, 2.05) is 0 Å². The fraction of sp³-hybridized carbons (Fsp3) is 0.188. The van der Waals surface area contributed by atoms with E-state index in [0.717, 1.165) is 0 Å². The van der Waals surface area contributed by atoms with Crippen molar-refractivity contribution in [1.82, 2.24) is 34.0 Å². The molecule has 5 aromatic rings. The molecule has 0 bridgehead atoms. The van der Waals surface area contributed by atoms with Gasteiger partial charge in [0, 0.05) is 65.2 Å². The maximum atomic E-state index is 13.2. The number of hydrogen-bond donors (Lipinski definition) is 8. The minimum absolute atomic E-state index is 0.0169. The molecule has 19 heteroatoms. The van der Waals surface area contributed by atoms with Gasteiger partial charge in [-0.1, -0.05) is 0 Å². The summed E-state index contributed by atoms with van der Waals surface area (Å²) < 4.78 is 4.53. The second kappa shape index (κ2) is 15.4. The minimum Gasteiger partial charge on any atom is -0.370 e. The van der Waals surface area contributed by atoms with Crippen LogP contribution >= 0.6 is 0 Å². The zero-order valence-electron chi connectivity index (χ0n) is 27.9. The Morgan fingerprint density at radius 1 is 0.784 bits per heavy atom. The summed E-state index contributed by atoms with van der Waals surface area (Å²) in [4.78, 5) is 79.0. The van der Waals surface area contributed by atoms with Crippen LogP contribution in [0.5, 0.6) is 0 Å². The molecule has 0 atom stereocenters. The third-order valence-corrected chi connectivity index (χ3v) is 7.33. The lowest BCUT2D eigenvalue weighted by molar-refractivity contribution is 0.0946. The van der Waals surface area contributed by atoms with Gasteiger partial charge in [0.05, 0.1) is 16.9 Å². The monoisotopic (exact) mass is 696 g/mol. The lowest BCUT2D eigenvalue weighted by Crippen LogP contribution is -2.26. The van der Waals surface area contributed by atoms with Crippen LogP contribution in [0.15, 0.2) is 72.4 Å². The SMILES string of the molecule is Cn1cc(NC(=O)c2nc(NC(=O)c3cccnc3)cn2C)cc1C(=O)Nc1cc(C(=O)Nc2ccc(C(=O)NCCCN=C(N)N)[nH]2)n(C)c1. The van der Waals surface area contributed by atoms with Crippen molar-refractivity contribution in [3.8, 4) is 0 Å². The molecule has 51 heavy (non-hydrogen) atoms. The number of carbonyl (C=O) groups is 5. The number of hydrogen-bond acceptors (Lipinski definition) is 8. The number of nitrogens with zero attached hydrogens (tertiary/aromatic N) is 6. The lowest BCUT2D eigenvalue weighted by Gasteiger charge is -2.04. The average Bonchev–Trinajstić information content (AvgIpc) is 3.87. The molecule has 5 heterocycles. The number of nitrogens with one attached hydrogen (secondary N) is 6. The van der Waals surface area contributed by atoms with E-state index in [-0.39, 0.29) is 40.6 Å². The fourth-order valence-electron chi connectivity index (χ4n) is 4.89. The molecule has 5 amide bonds. The van der Waals surface area contributed by atoms with Crippen molar-refractivity contribution in [3.05, 3.63) is 95.9 Å². The number of pyridine rings is 1. The Balaban J connectivity index is 1.15. The molecule has 0 aliphatic heterocycles. The van der Waals surface area contributed by atoms with Gasteiger partial charge in [0.2, 0.25) is 5.82 Å². The van der Waals surface area contributed by atoms with Gasteiger partial charge in [0.15, 0.2) is 11.8 Å². The number of nitrogens with two attached hydrogens (primary N) is 2. The summed E-state index contributed by atoms with van der Waals surface area (Å²) in [5, 5.41) is 13.5. The molecule has 10 N–H and O–H groups in total. The summed E-state index contributed by atoms with van der Waals surface area (Å²) in [7, 11) is 4.89. The first-order valence-electron chi connectivity index (χ1n) is 15.4. The first-order valence-corrected chi connectivity index (χ1v) is 15.4. The van der Waals surface area contributed by atoms with Crippen LogP contribution in [-0.4, -0.2) is 77.2 Å². The van der Waals surface area contributed by atoms with Crippen LogP contribution in [0.1, 0.15) is 58.9 Å². The zero-order valence-corrected chi connectivity index (χ0v) is 27.9. The molecule has 0 saturated carbocycles. The molecular weight excluding hydrogens is 660 g/mol. The molecule has 0 aromatic carbocycles. The van der Waals surface area contributed by atoms with E-state index in [1.165, 1.54) is 44.3 Å². The number of H-pyrrole nitrogens is 1. The number of guanidine groups is 1. The summed E-state index contributed by atoms with van der Waals surface area (Å²) >= 11 is 0. The quantitative estimate of drug-likeness (QED) is 0.0499. The van der Waals surface area contributed by atoms with Gasteiger partial charge in [-0.05, 0) is 42.8 Å². The molecule has 0 aliphatic rings. The standard InChI is InChI=1S/C32H36N14O5/c1-44-16-20(39-31(51)26-41-25(17-46(26)3)43-27(47)18-6-4-9-35-14-18)13-22(44)29(49)38-19-12-23(45(2)15-19)30(50)42-24-8-7-21(40-24)28(48)36-10-5-11-37-32(33)34/h4,6-9,12-17,40H,5,10-11H2,1-3H3,(H,36,48)(H,38,49)(H,39,51)(H,42,50)(H,43,47)(H4,33,34,37). The van der Waals surface area contributed by atoms with Gasteiger partial charge in [0.25, 0.3) is 29.5 Å². The molecule has 0 fully saturated rings. The van der Waals surface area contributed by atoms with E-state index >= 15 is 0 Å². The molecule has 0 spiro atoms. The Morgan fingerprint density at radius 2 is 1.45 bits per heavy atom. The number of aromatic amines is 1. The molecule has 19 nitrogen and oxygen atoms in total. The normalized spacial score (nSPS) is 10.6. The van der Waals surface area contributed by atoms with E-state index in [2.05, 4.69) is 46.5 Å². The summed E-state index contributed by atoms with van der Waals surface area (Å²) in [6, 6.07) is 9.30. The van der Waals surface area contributed by atoms with Crippen LogP contribution in [0.3, 0.4) is 0 Å². The Hall–Kier alpha value is -7.18. The maximum absolute atomic E-state index is 13.2. The second-order valence-electron chi connectivity index (χ2n) is 11.3. The predicted molar refractivity (Wildman–Crippen MR) is 189 cm³/mol. The van der Waals surface area contributed by atoms with E-state index in [9.17, 15) is 24.0 Å². The summed E-state index contributed by atoms with van der Waals surface area (Å²) in [5.41, 5.74) is 12.3. The van der Waals surface area contributed by atoms with Crippen molar-refractivity contribution in [2.45, 2.75) is 6.42 Å². The Bertz CT molecular complexity index is 2120. The van der Waals surface area contributed by atoms with Crippen LogP contribution in [0.25, 0.3) is 0 Å². The zero-order chi connectivity index (χ0) is 36.7. The summed E-state index contributed by atoms with van der Waals surface area (Å²) in [6.07, 6.45) is 8.13. The van der Waals surface area contributed by atoms with Crippen LogP contribution in [0.4, 0.5) is 23.0 Å². The van der Waals surface area contributed by atoms with Gasteiger partial charge in [-0.25, -0.2) is 4.98 Å². The number of aliphatic imine (C=N–C) groups is 1. The number of imidazole rings is 1. The first kappa shape index (κ1) is 35.1. The highest BCUT2D eigenvalue weighted by Crippen LogP contribution is 2.20. The number of carbonyl (C=O) groups excluding carboxylic acids is 5. The van der Waals surface area contributed by atoms with Gasteiger partial charge >= 0.3 is 0 Å². The number of amides is 5. The first-order chi connectivity index (χ1) is 24.4. The van der Waals surface area contributed by atoms with Crippen LogP contribution < -0.4 is 38.1 Å². The third kappa shape index (κ3) is 8.84. The lowest BCUT2D eigenvalue weighted by atomic mass is 10.3. The third-order valence-electron chi connectivity index (χ3n) is 7.33. The van der Waals surface area contributed by atoms with Gasteiger partial charge in [0.1, 0.15) is 22.9 Å². The van der Waals surface area contributed by atoms with Crippen molar-refractivity contribution in [2.24, 2.45) is 37.6 Å². The highest BCUT2D eigenvalue weighted by Gasteiger charge is 2.20. The van der Waals surface area contributed by atoms with Gasteiger partial charge in [-0.3, -0.25) is 33.9 Å². The Labute approximate surface area is 290 Å². The van der Waals surface area contributed by atoms with E-state index in [1.54, 1.807) is 57.9 Å². The van der Waals surface area contributed by atoms with E-state index in [4.69, 9.17) is 11.5 Å². The molecule has 264 valence electrons. The van der Waals surface area contributed by atoms with Crippen LogP contribution in [-0.2, 0) is 21.1 Å². The summed E-state index contributed by atoms with van der Waals surface area (Å²) in [5.74, 6) is -1.85. The average molecular weight is 697 g/mol. The molecule has 5 aromatic heterocycles. The molecule has 0 unspecified atom stereocenters. The molecule has 5 rings (SSSR count). The van der Waals surface area contributed by atoms with Crippen molar-refractivity contribution in [2.75, 3.05) is 34.4 Å². The van der Waals surface area contributed by atoms with Crippen LogP contribution in [0.2, 0.25) is 0 Å². The number of aryl methyl sites for hydroxylation is 3. The number of anilines is 4. The minimum atomic E-state index is -0.565. The topological polar surface area (TPSA) is 266 Å². The smallest absolute Gasteiger partial charge is 0.291 e. The van der Waals surface area contributed by atoms with Crippen molar-refractivity contribution in [1.29, 1.82) is 0 Å². The van der Waals surface area contributed by atoms with Crippen molar-refractivity contribution < 1.29 is 24.0 Å². The highest BCUT2D eigenvalue weighted by atomic mass is 16.2. The van der Waals surface area contributed by atoms with E-state index < -0.39 is 23.6 Å². The van der Waals surface area contributed by atoms with Crippen molar-refractivity contribution in [3.63, 3.8) is 0 Å². The second-order valence-corrected chi connectivity index (χ2v) is 11.3. The predicted octanol–water partition coefficient (Wildman–Crippen LogP) is 1.22.